The summed E-state index contributed by atoms with van der Waals surface area (Å²) in [7, 11) is 0. The molecule has 5 atom stereocenters. The lowest BCUT2D eigenvalue weighted by atomic mass is 9.98. The normalized spacial score (nSPS) is 22.8. The Hall–Kier alpha value is -4.86. The predicted octanol–water partition coefficient (Wildman–Crippen LogP) is 0.389. The summed E-state index contributed by atoms with van der Waals surface area (Å²) in [5, 5.41) is 109. The molecule has 3 aromatic carbocycles. The van der Waals surface area contributed by atoms with Crippen LogP contribution in [0.25, 0.3) is 0 Å². The average Bonchev–Trinajstić information content (AvgIpc) is 2.87. The molecule has 0 bridgehead atoms. The van der Waals surface area contributed by atoms with Gasteiger partial charge in [-0.3, -0.25) is 0 Å². The average molecular weight is 552 g/mol. The number of hydrogen-bond acceptors (Lipinski definition) is 15. The first-order valence-corrected chi connectivity index (χ1v) is 11.1. The first-order valence-electron chi connectivity index (χ1n) is 11.1. The Morgan fingerprint density at radius 3 is 1.36 bits per heavy atom. The van der Waals surface area contributed by atoms with E-state index in [4.69, 9.17) is 18.9 Å². The van der Waals surface area contributed by atoms with Crippen LogP contribution in [-0.4, -0.2) is 93.5 Å². The first-order chi connectivity index (χ1) is 18.3. The lowest BCUT2D eigenvalue weighted by Crippen LogP contribution is -2.62. The number of phenolic OH excluding ortho intramolecular Hbond substituents is 9. The van der Waals surface area contributed by atoms with Crippen molar-refractivity contribution < 1.29 is 75.1 Å². The van der Waals surface area contributed by atoms with Gasteiger partial charge in [-0.05, 0) is 0 Å². The number of aliphatic hydroxyl groups is 2. The van der Waals surface area contributed by atoms with Crippen molar-refractivity contribution in [3.63, 3.8) is 0 Å². The van der Waals surface area contributed by atoms with E-state index in [2.05, 4.69) is 0 Å². The fourth-order valence-electron chi connectivity index (χ4n) is 3.70. The number of ether oxygens (including phenoxy) is 4. The molecule has 1 fully saturated rings. The van der Waals surface area contributed by atoms with Crippen molar-refractivity contribution in [2.24, 2.45) is 0 Å². The molecule has 0 aromatic heterocycles. The summed E-state index contributed by atoms with van der Waals surface area (Å²) < 4.78 is 22.1. The zero-order valence-corrected chi connectivity index (χ0v) is 19.6. The van der Waals surface area contributed by atoms with Gasteiger partial charge in [0.2, 0.25) is 23.5 Å². The lowest BCUT2D eigenvalue weighted by Gasteiger charge is -2.42. The van der Waals surface area contributed by atoms with Crippen LogP contribution in [0, 0.1) is 0 Å². The maximum absolute atomic E-state index is 10.9. The lowest BCUT2D eigenvalue weighted by molar-refractivity contribution is -0.271. The number of phenols is 9. The Morgan fingerprint density at radius 2 is 0.923 bits per heavy atom. The number of rotatable bonds is 7. The SMILES string of the molecule is Oc1cc(OC[C@H]2O[C@@H](Oc3cc(O)c(O)c(O)c3)[C@H](O)[C@@H](Oc3cc(O)c(O)c(O)c3)[C@@H]2O)cc(O)c1O. The summed E-state index contributed by atoms with van der Waals surface area (Å²) in [4.78, 5) is 0. The molecule has 210 valence electrons. The van der Waals surface area contributed by atoms with Crippen LogP contribution in [0.3, 0.4) is 0 Å². The van der Waals surface area contributed by atoms with Crippen molar-refractivity contribution in [3.05, 3.63) is 36.4 Å². The highest BCUT2D eigenvalue weighted by Gasteiger charge is 2.48. The van der Waals surface area contributed by atoms with E-state index >= 15 is 0 Å². The number of aliphatic hydroxyl groups excluding tert-OH is 2. The zero-order chi connectivity index (χ0) is 28.6. The second kappa shape index (κ2) is 10.5. The molecule has 0 amide bonds. The highest BCUT2D eigenvalue weighted by Crippen LogP contribution is 2.42. The van der Waals surface area contributed by atoms with Crippen LogP contribution in [0.5, 0.6) is 69.0 Å². The fourth-order valence-corrected chi connectivity index (χ4v) is 3.70. The topological polar surface area (TPSA) is 259 Å². The molecule has 0 aliphatic carbocycles. The van der Waals surface area contributed by atoms with Gasteiger partial charge >= 0.3 is 0 Å². The summed E-state index contributed by atoms with van der Waals surface area (Å²) in [6.45, 7) is -0.518. The van der Waals surface area contributed by atoms with Gasteiger partial charge in [0, 0.05) is 36.4 Å². The second-order valence-corrected chi connectivity index (χ2v) is 8.47. The minimum atomic E-state index is -1.81. The molecule has 0 saturated carbocycles. The molecule has 1 saturated heterocycles. The van der Waals surface area contributed by atoms with Crippen LogP contribution in [0.1, 0.15) is 0 Å². The molecule has 1 heterocycles. The second-order valence-electron chi connectivity index (χ2n) is 8.47. The van der Waals surface area contributed by atoms with E-state index in [1.54, 1.807) is 0 Å². The van der Waals surface area contributed by atoms with Crippen LogP contribution in [-0.2, 0) is 4.74 Å². The van der Waals surface area contributed by atoms with E-state index in [-0.39, 0.29) is 17.2 Å². The Balaban J connectivity index is 1.62. The molecule has 0 radical (unpaired) electrons. The van der Waals surface area contributed by atoms with Crippen molar-refractivity contribution in [1.82, 2.24) is 0 Å². The molecule has 1 aliphatic heterocycles. The maximum atomic E-state index is 10.9. The molecule has 0 unspecified atom stereocenters. The van der Waals surface area contributed by atoms with Gasteiger partial charge in [0.1, 0.15) is 36.1 Å². The Kier molecular flexibility index (Phi) is 7.31. The van der Waals surface area contributed by atoms with E-state index in [0.29, 0.717) is 0 Å². The smallest absolute Gasteiger partial charge is 0.230 e. The third-order valence-electron chi connectivity index (χ3n) is 5.71. The molecule has 0 spiro atoms. The first kappa shape index (κ1) is 27.2. The summed E-state index contributed by atoms with van der Waals surface area (Å²) in [5.74, 6) is -7.64. The predicted molar refractivity (Wildman–Crippen MR) is 126 cm³/mol. The number of aromatic hydroxyl groups is 9. The number of hydrogen-bond donors (Lipinski definition) is 11. The Bertz CT molecular complexity index is 1290. The van der Waals surface area contributed by atoms with Crippen molar-refractivity contribution in [1.29, 1.82) is 0 Å². The van der Waals surface area contributed by atoms with E-state index in [0.717, 1.165) is 36.4 Å². The van der Waals surface area contributed by atoms with E-state index < -0.39 is 89.1 Å². The van der Waals surface area contributed by atoms with Gasteiger partial charge in [0.25, 0.3) is 0 Å². The third-order valence-corrected chi connectivity index (χ3v) is 5.71. The minimum Gasteiger partial charge on any atom is -0.504 e. The summed E-state index contributed by atoms with van der Waals surface area (Å²) in [5.41, 5.74) is 0. The van der Waals surface area contributed by atoms with Gasteiger partial charge in [-0.1, -0.05) is 0 Å². The number of benzene rings is 3. The van der Waals surface area contributed by atoms with E-state index in [9.17, 15) is 56.2 Å². The minimum absolute atomic E-state index is 0.151. The highest BCUT2D eigenvalue weighted by atomic mass is 16.7. The molecule has 4 rings (SSSR count). The van der Waals surface area contributed by atoms with Gasteiger partial charge in [0.05, 0.1) is 0 Å². The van der Waals surface area contributed by atoms with Gasteiger partial charge < -0.3 is 75.1 Å². The molecule has 11 N–H and O–H groups in total. The molecule has 39 heavy (non-hydrogen) atoms. The molecule has 15 heteroatoms. The van der Waals surface area contributed by atoms with Crippen LogP contribution < -0.4 is 14.2 Å². The third kappa shape index (κ3) is 5.54. The molecule has 1 aliphatic rings. The van der Waals surface area contributed by atoms with Crippen molar-refractivity contribution >= 4 is 0 Å². The van der Waals surface area contributed by atoms with Gasteiger partial charge in [-0.25, -0.2) is 0 Å². The highest BCUT2D eigenvalue weighted by molar-refractivity contribution is 5.55. The van der Waals surface area contributed by atoms with E-state index in [1.807, 2.05) is 0 Å². The van der Waals surface area contributed by atoms with Gasteiger partial charge in [-0.15, -0.1) is 0 Å². The summed E-state index contributed by atoms with van der Waals surface area (Å²) >= 11 is 0. The van der Waals surface area contributed by atoms with Crippen molar-refractivity contribution in [2.75, 3.05) is 6.61 Å². The van der Waals surface area contributed by atoms with Crippen LogP contribution in [0.2, 0.25) is 0 Å². The fraction of sp³-hybridized carbons (Fsp3) is 0.250. The van der Waals surface area contributed by atoms with Crippen LogP contribution in [0.15, 0.2) is 36.4 Å². The molecular weight excluding hydrogens is 528 g/mol. The largest absolute Gasteiger partial charge is 0.504 e. The standard InChI is InChI=1S/C24H24O15/c25-11-1-8(2-12(26)18(11)31)36-7-17-21(34)23(37-9-3-13(27)19(32)14(28)4-9)22(35)24(39-17)38-10-5-15(29)20(33)16(30)6-10/h1-6,17,21-35H,7H2/t17-,21-,22-,23+,24-/m1/s1. The van der Waals surface area contributed by atoms with Crippen molar-refractivity contribution in [3.8, 4) is 69.0 Å². The van der Waals surface area contributed by atoms with Crippen LogP contribution in [0.4, 0.5) is 0 Å². The molecule has 3 aromatic rings. The van der Waals surface area contributed by atoms with Crippen LogP contribution >= 0.6 is 0 Å². The molecule has 15 nitrogen and oxygen atoms in total. The van der Waals surface area contributed by atoms with Gasteiger partial charge in [0.15, 0.2) is 46.7 Å². The quantitative estimate of drug-likeness (QED) is 0.177. The summed E-state index contributed by atoms with van der Waals surface area (Å²) in [6.07, 6.45) is -8.17. The van der Waals surface area contributed by atoms with Crippen molar-refractivity contribution in [2.45, 2.75) is 30.7 Å². The summed E-state index contributed by atoms with van der Waals surface area (Å²) in [6, 6.07) is 5.51. The Labute approximate surface area is 218 Å². The van der Waals surface area contributed by atoms with E-state index in [1.165, 1.54) is 0 Å². The monoisotopic (exact) mass is 552 g/mol. The van der Waals surface area contributed by atoms with Gasteiger partial charge in [-0.2, -0.15) is 0 Å². The maximum Gasteiger partial charge on any atom is 0.230 e. The Morgan fingerprint density at radius 1 is 0.538 bits per heavy atom. The molecular formula is C24H24O15. The zero-order valence-electron chi connectivity index (χ0n) is 19.6.